The molecule has 0 radical (unpaired) electrons. The molecule has 2 N–H and O–H groups in total. The molecular weight excluding hydrogens is 224 g/mol. The number of thioether (sulfide) groups is 1. The molecule has 2 heterocycles. The molecule has 0 saturated heterocycles. The van der Waals surface area contributed by atoms with E-state index in [2.05, 4.69) is 15.0 Å². The fraction of sp³-hybridized carbons (Fsp3) is 0.300. The van der Waals surface area contributed by atoms with Crippen LogP contribution in [0.3, 0.4) is 0 Å². The van der Waals surface area contributed by atoms with Gasteiger partial charge in [0.25, 0.3) is 0 Å². The van der Waals surface area contributed by atoms with Gasteiger partial charge in [0.1, 0.15) is 11.6 Å². The van der Waals surface area contributed by atoms with Gasteiger partial charge in [-0.25, -0.2) is 4.98 Å². The van der Waals surface area contributed by atoms with E-state index in [4.69, 9.17) is 10.2 Å². The van der Waals surface area contributed by atoms with Crippen LogP contribution in [0.1, 0.15) is 11.6 Å². The lowest BCUT2D eigenvalue weighted by Crippen LogP contribution is -2.05. The number of rotatable bonds is 4. The van der Waals surface area contributed by atoms with E-state index >= 15 is 0 Å². The van der Waals surface area contributed by atoms with Crippen LogP contribution < -0.4 is 5.73 Å². The molecule has 2 aromatic rings. The number of hydrogen-bond acceptors (Lipinski definition) is 6. The minimum absolute atomic E-state index is 0.272. The van der Waals surface area contributed by atoms with Crippen LogP contribution in [0.25, 0.3) is 0 Å². The van der Waals surface area contributed by atoms with E-state index in [-0.39, 0.29) is 5.95 Å². The molecule has 0 spiro atoms. The molecule has 0 saturated carbocycles. The fourth-order valence-electron chi connectivity index (χ4n) is 1.31. The quantitative estimate of drug-likeness (QED) is 0.811. The Morgan fingerprint density at radius 3 is 2.88 bits per heavy atom. The minimum atomic E-state index is 0.272. The van der Waals surface area contributed by atoms with Crippen molar-refractivity contribution < 1.29 is 4.42 Å². The van der Waals surface area contributed by atoms with Crippen LogP contribution >= 0.6 is 11.8 Å². The lowest BCUT2D eigenvalue weighted by atomic mass is 10.2. The highest BCUT2D eigenvalue weighted by Crippen LogP contribution is 2.11. The third-order valence-electron chi connectivity index (χ3n) is 2.04. The number of hydrogen-bond donors (Lipinski definition) is 1. The van der Waals surface area contributed by atoms with E-state index in [1.807, 2.05) is 18.4 Å². The van der Waals surface area contributed by atoms with Gasteiger partial charge in [-0.05, 0) is 18.4 Å². The smallest absolute Gasteiger partial charge is 0.224 e. The molecule has 0 aliphatic carbocycles. The number of nitrogens with zero attached hydrogens (tertiary/aromatic N) is 3. The molecule has 6 heteroatoms. The maximum absolute atomic E-state index is 5.58. The van der Waals surface area contributed by atoms with Gasteiger partial charge in [0, 0.05) is 12.8 Å². The van der Waals surface area contributed by atoms with Gasteiger partial charge in [0.15, 0.2) is 5.16 Å². The number of aromatic nitrogens is 3. The van der Waals surface area contributed by atoms with Gasteiger partial charge in [-0.2, -0.15) is 9.97 Å². The van der Waals surface area contributed by atoms with Crippen molar-refractivity contribution in [3.8, 4) is 0 Å². The Balaban J connectivity index is 2.06. The molecule has 0 amide bonds. The minimum Gasteiger partial charge on any atom is -0.469 e. The molecule has 2 aromatic heterocycles. The first-order chi connectivity index (χ1) is 7.78. The van der Waals surface area contributed by atoms with E-state index in [1.54, 1.807) is 6.26 Å². The maximum Gasteiger partial charge on any atom is 0.224 e. The predicted octanol–water partition coefficient (Wildman–Crippen LogP) is 1.55. The van der Waals surface area contributed by atoms with Gasteiger partial charge in [-0.15, -0.1) is 0 Å². The highest BCUT2D eigenvalue weighted by Gasteiger charge is 2.05. The molecule has 84 valence electrons. The zero-order valence-corrected chi connectivity index (χ0v) is 9.70. The zero-order valence-electron chi connectivity index (χ0n) is 8.88. The fourth-order valence-corrected chi connectivity index (χ4v) is 1.69. The Hall–Kier alpha value is -1.56. The third kappa shape index (κ3) is 2.73. The van der Waals surface area contributed by atoms with Gasteiger partial charge >= 0.3 is 0 Å². The van der Waals surface area contributed by atoms with Crippen molar-refractivity contribution in [3.05, 3.63) is 30.0 Å². The third-order valence-corrected chi connectivity index (χ3v) is 2.58. The second kappa shape index (κ2) is 4.98. The number of nitrogens with two attached hydrogens (primary N) is 1. The highest BCUT2D eigenvalue weighted by molar-refractivity contribution is 7.98. The summed E-state index contributed by atoms with van der Waals surface area (Å²) in [6.07, 6.45) is 5.04. The summed E-state index contributed by atoms with van der Waals surface area (Å²) in [6.45, 7) is 0. The number of furan rings is 1. The average Bonchev–Trinajstić information content (AvgIpc) is 2.78. The van der Waals surface area contributed by atoms with Crippen molar-refractivity contribution >= 4 is 17.7 Å². The van der Waals surface area contributed by atoms with E-state index in [0.29, 0.717) is 17.4 Å². The first kappa shape index (κ1) is 10.9. The number of aryl methyl sites for hydroxylation is 2. The summed E-state index contributed by atoms with van der Waals surface area (Å²) < 4.78 is 5.23. The average molecular weight is 236 g/mol. The summed E-state index contributed by atoms with van der Waals surface area (Å²) in [6, 6.07) is 3.80. The van der Waals surface area contributed by atoms with Crippen molar-refractivity contribution in [2.24, 2.45) is 0 Å². The van der Waals surface area contributed by atoms with Gasteiger partial charge in [0.05, 0.1) is 6.26 Å². The van der Waals surface area contributed by atoms with Crippen molar-refractivity contribution in [2.45, 2.75) is 18.0 Å². The largest absolute Gasteiger partial charge is 0.469 e. The van der Waals surface area contributed by atoms with Gasteiger partial charge in [-0.1, -0.05) is 11.8 Å². The molecule has 0 aliphatic rings. The van der Waals surface area contributed by atoms with E-state index < -0.39 is 0 Å². The van der Waals surface area contributed by atoms with E-state index in [0.717, 1.165) is 12.2 Å². The second-order valence-corrected chi connectivity index (χ2v) is 3.95. The molecule has 5 nitrogen and oxygen atoms in total. The molecule has 0 aromatic carbocycles. The van der Waals surface area contributed by atoms with Crippen LogP contribution in [-0.4, -0.2) is 21.2 Å². The summed E-state index contributed by atoms with van der Waals surface area (Å²) in [7, 11) is 0. The Labute approximate surface area is 97.5 Å². The van der Waals surface area contributed by atoms with Crippen molar-refractivity contribution in [2.75, 3.05) is 12.0 Å². The summed E-state index contributed by atoms with van der Waals surface area (Å²) in [5, 5.41) is 0.655. The Bertz CT molecular complexity index is 458. The van der Waals surface area contributed by atoms with E-state index in [1.165, 1.54) is 11.8 Å². The van der Waals surface area contributed by atoms with Crippen LogP contribution in [0.2, 0.25) is 0 Å². The molecule has 0 bridgehead atoms. The molecular formula is C10H12N4OS. The first-order valence-electron chi connectivity index (χ1n) is 4.84. The summed E-state index contributed by atoms with van der Waals surface area (Å²) >= 11 is 1.45. The second-order valence-electron chi connectivity index (χ2n) is 3.18. The van der Waals surface area contributed by atoms with Crippen molar-refractivity contribution in [1.29, 1.82) is 0 Å². The maximum atomic E-state index is 5.58. The van der Waals surface area contributed by atoms with Gasteiger partial charge < -0.3 is 10.2 Å². The summed E-state index contributed by atoms with van der Waals surface area (Å²) in [4.78, 5) is 12.3. The topological polar surface area (TPSA) is 77.8 Å². The standard InChI is InChI=1S/C10H12N4OS/c1-16-10-13-8(12-9(11)14-10)5-4-7-3-2-6-15-7/h2-3,6H,4-5H2,1H3,(H2,11,12,13,14). The van der Waals surface area contributed by atoms with E-state index in [9.17, 15) is 0 Å². The molecule has 0 fully saturated rings. The van der Waals surface area contributed by atoms with Crippen LogP contribution in [-0.2, 0) is 12.8 Å². The van der Waals surface area contributed by atoms with Crippen molar-refractivity contribution in [3.63, 3.8) is 0 Å². The zero-order chi connectivity index (χ0) is 11.4. The Kier molecular flexibility index (Phi) is 3.40. The first-order valence-corrected chi connectivity index (χ1v) is 6.07. The Morgan fingerprint density at radius 1 is 1.31 bits per heavy atom. The van der Waals surface area contributed by atoms with Crippen LogP contribution in [0.4, 0.5) is 5.95 Å². The summed E-state index contributed by atoms with van der Waals surface area (Å²) in [5.74, 6) is 1.90. The molecule has 0 aliphatic heterocycles. The monoisotopic (exact) mass is 236 g/mol. The lowest BCUT2D eigenvalue weighted by molar-refractivity contribution is 0.505. The Morgan fingerprint density at radius 2 is 2.19 bits per heavy atom. The van der Waals surface area contributed by atoms with Crippen LogP contribution in [0, 0.1) is 0 Å². The number of anilines is 1. The highest BCUT2D eigenvalue weighted by atomic mass is 32.2. The normalized spacial score (nSPS) is 10.6. The molecule has 0 atom stereocenters. The summed E-state index contributed by atoms with van der Waals surface area (Å²) in [5.41, 5.74) is 5.58. The SMILES string of the molecule is CSc1nc(N)nc(CCc2ccco2)n1. The lowest BCUT2D eigenvalue weighted by Gasteiger charge is -2.01. The van der Waals surface area contributed by atoms with Gasteiger partial charge in [-0.3, -0.25) is 0 Å². The van der Waals surface area contributed by atoms with Gasteiger partial charge in [0.2, 0.25) is 5.95 Å². The number of nitrogen functional groups attached to an aromatic ring is 1. The van der Waals surface area contributed by atoms with Crippen molar-refractivity contribution in [1.82, 2.24) is 15.0 Å². The molecule has 0 unspecified atom stereocenters. The molecule has 16 heavy (non-hydrogen) atoms. The van der Waals surface area contributed by atoms with Crippen LogP contribution in [0.5, 0.6) is 0 Å². The predicted molar refractivity (Wildman–Crippen MR) is 62.1 cm³/mol. The van der Waals surface area contributed by atoms with Crippen LogP contribution in [0.15, 0.2) is 28.0 Å². The molecule has 2 rings (SSSR count).